The summed E-state index contributed by atoms with van der Waals surface area (Å²) < 4.78 is 0. The van der Waals surface area contributed by atoms with Crippen LogP contribution in [0.5, 0.6) is 0 Å². The molecule has 0 bridgehead atoms. The van der Waals surface area contributed by atoms with Crippen molar-refractivity contribution in [3.8, 4) is 0 Å². The van der Waals surface area contributed by atoms with Crippen molar-refractivity contribution in [3.05, 3.63) is 11.6 Å². The van der Waals surface area contributed by atoms with Gasteiger partial charge in [0.05, 0.1) is 25.4 Å². The zero-order chi connectivity index (χ0) is 17.8. The second kappa shape index (κ2) is 6.08. The van der Waals surface area contributed by atoms with E-state index in [9.17, 15) is 20.4 Å². The summed E-state index contributed by atoms with van der Waals surface area (Å²) in [5.74, 6) is 0.931. The van der Waals surface area contributed by atoms with Gasteiger partial charge in [-0.25, -0.2) is 0 Å². The van der Waals surface area contributed by atoms with Gasteiger partial charge in [-0.3, -0.25) is 0 Å². The van der Waals surface area contributed by atoms with Crippen molar-refractivity contribution in [2.75, 3.05) is 13.2 Å². The molecule has 0 heterocycles. The molecule has 3 aliphatic rings. The van der Waals surface area contributed by atoms with Gasteiger partial charge in [-0.2, -0.15) is 0 Å². The van der Waals surface area contributed by atoms with Gasteiger partial charge in [0.2, 0.25) is 0 Å². The van der Waals surface area contributed by atoms with Gasteiger partial charge < -0.3 is 20.4 Å². The molecule has 0 spiro atoms. The van der Waals surface area contributed by atoms with Crippen molar-refractivity contribution in [1.29, 1.82) is 0 Å². The minimum Gasteiger partial charge on any atom is -0.396 e. The van der Waals surface area contributed by atoms with Crippen LogP contribution < -0.4 is 0 Å². The fourth-order valence-electron chi connectivity index (χ4n) is 6.26. The lowest BCUT2D eigenvalue weighted by Gasteiger charge is -2.61. The molecule has 0 radical (unpaired) electrons. The predicted molar refractivity (Wildman–Crippen MR) is 93.3 cm³/mol. The van der Waals surface area contributed by atoms with E-state index in [0.29, 0.717) is 18.3 Å². The molecule has 2 saturated carbocycles. The highest BCUT2D eigenvalue weighted by molar-refractivity contribution is 5.25. The summed E-state index contributed by atoms with van der Waals surface area (Å²) in [6.07, 6.45) is 6.45. The number of allylic oxidation sites excluding steroid dienone is 2. The Kier molecular flexibility index (Phi) is 4.66. The lowest BCUT2D eigenvalue weighted by molar-refractivity contribution is -0.130. The van der Waals surface area contributed by atoms with Crippen LogP contribution >= 0.6 is 0 Å². The first-order valence-electron chi connectivity index (χ1n) is 9.48. The molecule has 24 heavy (non-hydrogen) atoms. The monoisotopic (exact) mass is 338 g/mol. The third-order valence-corrected chi connectivity index (χ3v) is 8.05. The molecule has 3 rings (SSSR count). The number of fused-ring (bicyclic) bond motifs is 3. The van der Waals surface area contributed by atoms with Gasteiger partial charge in [-0.15, -0.1) is 0 Å². The maximum Gasteiger partial charge on any atom is 0.0851 e. The van der Waals surface area contributed by atoms with Gasteiger partial charge in [0, 0.05) is 5.41 Å². The fourth-order valence-corrected chi connectivity index (χ4v) is 6.26. The van der Waals surface area contributed by atoms with Crippen LogP contribution in [0, 0.1) is 28.1 Å². The molecule has 3 aliphatic carbocycles. The summed E-state index contributed by atoms with van der Waals surface area (Å²) in [5.41, 5.74) is 0.863. The second-order valence-corrected chi connectivity index (χ2v) is 9.44. The summed E-state index contributed by atoms with van der Waals surface area (Å²) >= 11 is 0. The highest BCUT2D eigenvalue weighted by Gasteiger charge is 2.57. The minimum absolute atomic E-state index is 0.0782. The van der Waals surface area contributed by atoms with Crippen LogP contribution in [0.15, 0.2) is 11.6 Å². The van der Waals surface area contributed by atoms with Crippen molar-refractivity contribution in [2.45, 2.75) is 71.5 Å². The molecule has 4 N–H and O–H groups in total. The summed E-state index contributed by atoms with van der Waals surface area (Å²) in [5, 5.41) is 40.1. The SMILES string of the molecule is CC1(C)C(O)CCC2(C)C3CCC(CO)(C(O)CO)CC3=CCC12. The predicted octanol–water partition coefficient (Wildman–Crippen LogP) is 2.25. The fraction of sp³-hybridized carbons (Fsp3) is 0.900. The molecule has 0 amide bonds. The van der Waals surface area contributed by atoms with Crippen LogP contribution in [-0.2, 0) is 0 Å². The zero-order valence-electron chi connectivity index (χ0n) is 15.3. The van der Waals surface area contributed by atoms with E-state index in [2.05, 4.69) is 26.8 Å². The summed E-state index contributed by atoms with van der Waals surface area (Å²) in [4.78, 5) is 0. The summed E-state index contributed by atoms with van der Waals surface area (Å²) in [7, 11) is 0. The smallest absolute Gasteiger partial charge is 0.0851 e. The largest absolute Gasteiger partial charge is 0.396 e. The molecule has 6 unspecified atom stereocenters. The summed E-state index contributed by atoms with van der Waals surface area (Å²) in [6.45, 7) is 6.42. The zero-order valence-corrected chi connectivity index (χ0v) is 15.3. The second-order valence-electron chi connectivity index (χ2n) is 9.44. The molecular formula is C20H34O4. The molecule has 4 heteroatoms. The minimum atomic E-state index is -0.862. The van der Waals surface area contributed by atoms with E-state index in [1.807, 2.05) is 0 Å². The number of hydrogen-bond donors (Lipinski definition) is 4. The Morgan fingerprint density at radius 1 is 1.17 bits per heavy atom. The van der Waals surface area contributed by atoms with Gasteiger partial charge in [0.25, 0.3) is 0 Å². The first kappa shape index (κ1) is 18.4. The molecule has 6 atom stereocenters. The summed E-state index contributed by atoms with van der Waals surface area (Å²) in [6, 6.07) is 0. The van der Waals surface area contributed by atoms with Crippen molar-refractivity contribution in [2.24, 2.45) is 28.1 Å². The Morgan fingerprint density at radius 3 is 2.50 bits per heavy atom. The Bertz CT molecular complexity index is 514. The molecule has 0 aliphatic heterocycles. The van der Waals surface area contributed by atoms with Gasteiger partial charge in [0.15, 0.2) is 0 Å². The number of rotatable bonds is 3. The Hall–Kier alpha value is -0.420. The molecule has 0 aromatic carbocycles. The van der Waals surface area contributed by atoms with E-state index in [1.165, 1.54) is 5.57 Å². The van der Waals surface area contributed by atoms with Gasteiger partial charge in [0.1, 0.15) is 0 Å². The van der Waals surface area contributed by atoms with E-state index in [1.54, 1.807) is 0 Å². The third-order valence-electron chi connectivity index (χ3n) is 8.05. The first-order valence-corrected chi connectivity index (χ1v) is 9.48. The number of aliphatic hydroxyl groups is 4. The van der Waals surface area contributed by atoms with E-state index in [4.69, 9.17) is 0 Å². The van der Waals surface area contributed by atoms with Crippen LogP contribution in [0.4, 0.5) is 0 Å². The maximum atomic E-state index is 10.5. The first-order chi connectivity index (χ1) is 11.2. The molecule has 2 fully saturated rings. The van der Waals surface area contributed by atoms with Crippen LogP contribution in [-0.4, -0.2) is 45.8 Å². The molecule has 0 saturated heterocycles. The van der Waals surface area contributed by atoms with Gasteiger partial charge in [-0.05, 0) is 61.2 Å². The maximum absolute atomic E-state index is 10.5. The van der Waals surface area contributed by atoms with Gasteiger partial charge >= 0.3 is 0 Å². The van der Waals surface area contributed by atoms with E-state index < -0.39 is 11.5 Å². The normalized spacial score (nSPS) is 45.8. The van der Waals surface area contributed by atoms with Crippen LogP contribution in [0.3, 0.4) is 0 Å². The average Bonchev–Trinajstić information content (AvgIpc) is 2.57. The number of aliphatic hydroxyl groups excluding tert-OH is 4. The van der Waals surface area contributed by atoms with Gasteiger partial charge in [-0.1, -0.05) is 32.4 Å². The lowest BCUT2D eigenvalue weighted by atomic mass is 9.45. The van der Waals surface area contributed by atoms with E-state index >= 15 is 0 Å². The van der Waals surface area contributed by atoms with Crippen LogP contribution in [0.25, 0.3) is 0 Å². The standard InChI is InChI=1S/C20H34O4/c1-18(2)15-5-4-13-10-20(12-22,17(24)11-21)9-6-14(13)19(15,3)8-7-16(18)23/h4,14-17,21-24H,5-12H2,1-3H3. The molecule has 0 aromatic rings. The third kappa shape index (κ3) is 2.49. The highest BCUT2D eigenvalue weighted by Crippen LogP contribution is 2.63. The number of hydrogen-bond acceptors (Lipinski definition) is 4. The Labute approximate surface area is 145 Å². The molecular weight excluding hydrogens is 304 g/mol. The van der Waals surface area contributed by atoms with E-state index in [0.717, 1.165) is 32.1 Å². The lowest BCUT2D eigenvalue weighted by Crippen LogP contribution is -2.56. The highest BCUT2D eigenvalue weighted by atomic mass is 16.3. The average molecular weight is 338 g/mol. The van der Waals surface area contributed by atoms with Crippen LogP contribution in [0.1, 0.15) is 59.3 Å². The quantitative estimate of drug-likeness (QED) is 0.595. The molecule has 138 valence electrons. The Morgan fingerprint density at radius 2 is 1.88 bits per heavy atom. The van der Waals surface area contributed by atoms with E-state index in [-0.39, 0.29) is 30.1 Å². The van der Waals surface area contributed by atoms with Crippen LogP contribution in [0.2, 0.25) is 0 Å². The molecule has 4 nitrogen and oxygen atoms in total. The van der Waals surface area contributed by atoms with Crippen molar-refractivity contribution >= 4 is 0 Å². The van der Waals surface area contributed by atoms with Crippen molar-refractivity contribution in [3.63, 3.8) is 0 Å². The Balaban J connectivity index is 1.92. The topological polar surface area (TPSA) is 80.9 Å². The van der Waals surface area contributed by atoms with Crippen molar-refractivity contribution in [1.82, 2.24) is 0 Å². The van der Waals surface area contributed by atoms with Crippen molar-refractivity contribution < 1.29 is 20.4 Å². The molecule has 0 aromatic heterocycles.